The summed E-state index contributed by atoms with van der Waals surface area (Å²) in [5.41, 5.74) is 0. The second-order valence-corrected chi connectivity index (χ2v) is 4.74. The molecule has 0 spiro atoms. The minimum atomic E-state index is -0.973. The number of carboxylic acids is 1. The van der Waals surface area contributed by atoms with E-state index in [0.29, 0.717) is 12.2 Å². The SMILES string of the molecule is CC(C)CC(C(=O)O)N(C)C(=O)Cc1ccco1. The predicted octanol–water partition coefficient (Wildman–Crippen LogP) is 1.78. The molecular formula is C13H19NO4. The van der Waals surface area contributed by atoms with Gasteiger partial charge in [-0.25, -0.2) is 4.79 Å². The molecule has 0 radical (unpaired) electrons. The molecule has 0 aromatic carbocycles. The predicted molar refractivity (Wildman–Crippen MR) is 66.1 cm³/mol. The summed E-state index contributed by atoms with van der Waals surface area (Å²) in [5.74, 6) is -0.470. The van der Waals surface area contributed by atoms with E-state index in [9.17, 15) is 9.59 Å². The summed E-state index contributed by atoms with van der Waals surface area (Å²) >= 11 is 0. The van der Waals surface area contributed by atoms with Crippen LogP contribution in [-0.2, 0) is 16.0 Å². The van der Waals surface area contributed by atoms with Crippen LogP contribution in [0.4, 0.5) is 0 Å². The molecule has 0 fully saturated rings. The number of nitrogens with zero attached hydrogens (tertiary/aromatic N) is 1. The molecule has 0 aliphatic rings. The Bertz CT molecular complexity index is 397. The van der Waals surface area contributed by atoms with Crippen molar-refractivity contribution in [3.8, 4) is 0 Å². The van der Waals surface area contributed by atoms with Crippen LogP contribution in [0.1, 0.15) is 26.0 Å². The fourth-order valence-electron chi connectivity index (χ4n) is 1.73. The molecule has 1 aromatic rings. The third-order valence-corrected chi connectivity index (χ3v) is 2.75. The Balaban J connectivity index is 2.67. The molecule has 0 aliphatic heterocycles. The molecule has 0 bridgehead atoms. The van der Waals surface area contributed by atoms with Gasteiger partial charge in [-0.15, -0.1) is 0 Å². The zero-order chi connectivity index (χ0) is 13.7. The Morgan fingerprint density at radius 1 is 1.44 bits per heavy atom. The van der Waals surface area contributed by atoms with E-state index in [1.54, 1.807) is 12.1 Å². The second kappa shape index (κ2) is 6.23. The molecule has 1 heterocycles. The fraction of sp³-hybridized carbons (Fsp3) is 0.538. The highest BCUT2D eigenvalue weighted by atomic mass is 16.4. The Kier molecular flexibility index (Phi) is 4.95. The molecule has 0 saturated heterocycles. The Morgan fingerprint density at radius 2 is 2.11 bits per heavy atom. The minimum Gasteiger partial charge on any atom is -0.480 e. The summed E-state index contributed by atoms with van der Waals surface area (Å²) in [7, 11) is 1.52. The first kappa shape index (κ1) is 14.3. The highest BCUT2D eigenvalue weighted by molar-refractivity contribution is 5.84. The van der Waals surface area contributed by atoms with E-state index in [-0.39, 0.29) is 18.2 Å². The van der Waals surface area contributed by atoms with Crippen LogP contribution in [0, 0.1) is 5.92 Å². The number of hydrogen-bond acceptors (Lipinski definition) is 3. The maximum Gasteiger partial charge on any atom is 0.326 e. The number of carbonyl (C=O) groups excluding carboxylic acids is 1. The van der Waals surface area contributed by atoms with Gasteiger partial charge in [0, 0.05) is 7.05 Å². The van der Waals surface area contributed by atoms with E-state index in [0.717, 1.165) is 0 Å². The van der Waals surface area contributed by atoms with Crippen LogP contribution in [0.5, 0.6) is 0 Å². The van der Waals surface area contributed by atoms with Gasteiger partial charge in [0.2, 0.25) is 5.91 Å². The number of aliphatic carboxylic acids is 1. The van der Waals surface area contributed by atoms with Crippen molar-refractivity contribution < 1.29 is 19.1 Å². The smallest absolute Gasteiger partial charge is 0.326 e. The Labute approximate surface area is 106 Å². The van der Waals surface area contributed by atoms with Crippen LogP contribution in [0.3, 0.4) is 0 Å². The molecule has 5 heteroatoms. The maximum atomic E-state index is 11.9. The summed E-state index contributed by atoms with van der Waals surface area (Å²) < 4.78 is 5.08. The lowest BCUT2D eigenvalue weighted by molar-refractivity contribution is -0.149. The molecule has 100 valence electrons. The van der Waals surface area contributed by atoms with Gasteiger partial charge in [-0.05, 0) is 24.5 Å². The molecule has 0 aliphatic carbocycles. The van der Waals surface area contributed by atoms with Gasteiger partial charge >= 0.3 is 5.97 Å². The molecule has 1 N–H and O–H groups in total. The molecule has 1 amide bonds. The van der Waals surface area contributed by atoms with Crippen molar-refractivity contribution in [2.24, 2.45) is 5.92 Å². The third kappa shape index (κ3) is 3.91. The van der Waals surface area contributed by atoms with Gasteiger partial charge in [-0.1, -0.05) is 13.8 Å². The summed E-state index contributed by atoms with van der Waals surface area (Å²) in [4.78, 5) is 24.4. The van der Waals surface area contributed by atoms with Gasteiger partial charge in [0.25, 0.3) is 0 Å². The standard InChI is InChI=1S/C13H19NO4/c1-9(2)7-11(13(16)17)14(3)12(15)8-10-5-4-6-18-10/h4-6,9,11H,7-8H2,1-3H3,(H,16,17). The normalized spacial score (nSPS) is 12.4. The van der Waals surface area contributed by atoms with E-state index in [1.165, 1.54) is 18.2 Å². The van der Waals surface area contributed by atoms with Gasteiger partial charge in [-0.2, -0.15) is 0 Å². The van der Waals surface area contributed by atoms with Crippen molar-refractivity contribution in [1.29, 1.82) is 0 Å². The number of amides is 1. The van der Waals surface area contributed by atoms with Crippen LogP contribution in [0.25, 0.3) is 0 Å². The first-order chi connectivity index (χ1) is 8.41. The number of hydrogen-bond donors (Lipinski definition) is 1. The fourth-order valence-corrected chi connectivity index (χ4v) is 1.73. The van der Waals surface area contributed by atoms with Crippen LogP contribution in [-0.4, -0.2) is 35.0 Å². The highest BCUT2D eigenvalue weighted by Crippen LogP contribution is 2.12. The second-order valence-electron chi connectivity index (χ2n) is 4.74. The van der Waals surface area contributed by atoms with Crippen LogP contribution < -0.4 is 0 Å². The summed E-state index contributed by atoms with van der Waals surface area (Å²) in [6.45, 7) is 3.86. The zero-order valence-electron chi connectivity index (χ0n) is 10.9. The molecule has 1 rings (SSSR count). The van der Waals surface area contributed by atoms with Crippen molar-refractivity contribution in [3.63, 3.8) is 0 Å². The third-order valence-electron chi connectivity index (χ3n) is 2.75. The topological polar surface area (TPSA) is 70.8 Å². The monoisotopic (exact) mass is 253 g/mol. The minimum absolute atomic E-state index is 0.0887. The Morgan fingerprint density at radius 3 is 2.56 bits per heavy atom. The van der Waals surface area contributed by atoms with Crippen LogP contribution in [0.15, 0.2) is 22.8 Å². The number of carbonyl (C=O) groups is 2. The number of furan rings is 1. The molecule has 1 unspecified atom stereocenters. The Hall–Kier alpha value is -1.78. The highest BCUT2D eigenvalue weighted by Gasteiger charge is 2.27. The van der Waals surface area contributed by atoms with Gasteiger partial charge in [0.1, 0.15) is 11.8 Å². The number of rotatable bonds is 6. The van der Waals surface area contributed by atoms with Gasteiger partial charge in [0.15, 0.2) is 0 Å². The van der Waals surface area contributed by atoms with Crippen molar-refractivity contribution >= 4 is 11.9 Å². The molecular weight excluding hydrogens is 234 g/mol. The first-order valence-corrected chi connectivity index (χ1v) is 5.92. The summed E-state index contributed by atoms with van der Waals surface area (Å²) in [5, 5.41) is 9.15. The summed E-state index contributed by atoms with van der Waals surface area (Å²) in [6.07, 6.45) is 2.02. The lowest BCUT2D eigenvalue weighted by Gasteiger charge is -2.25. The summed E-state index contributed by atoms with van der Waals surface area (Å²) in [6, 6.07) is 2.61. The van der Waals surface area contributed by atoms with Crippen LogP contribution >= 0.6 is 0 Å². The van der Waals surface area contributed by atoms with Gasteiger partial charge < -0.3 is 14.4 Å². The van der Waals surface area contributed by atoms with E-state index >= 15 is 0 Å². The van der Waals surface area contributed by atoms with Crippen molar-refractivity contribution in [2.45, 2.75) is 32.7 Å². The van der Waals surface area contributed by atoms with Crippen LogP contribution in [0.2, 0.25) is 0 Å². The largest absolute Gasteiger partial charge is 0.480 e. The van der Waals surface area contributed by atoms with Crippen molar-refractivity contribution in [2.75, 3.05) is 7.05 Å². The maximum absolute atomic E-state index is 11.9. The average Bonchev–Trinajstić information content (AvgIpc) is 2.77. The lowest BCUT2D eigenvalue weighted by Crippen LogP contribution is -2.43. The number of likely N-dealkylation sites (N-methyl/N-ethyl adjacent to an activating group) is 1. The van der Waals surface area contributed by atoms with E-state index in [4.69, 9.17) is 9.52 Å². The quantitative estimate of drug-likeness (QED) is 0.838. The first-order valence-electron chi connectivity index (χ1n) is 5.92. The molecule has 5 nitrogen and oxygen atoms in total. The van der Waals surface area contributed by atoms with E-state index in [1.807, 2.05) is 13.8 Å². The van der Waals surface area contributed by atoms with Crippen molar-refractivity contribution in [1.82, 2.24) is 4.90 Å². The molecule has 1 aromatic heterocycles. The molecule has 0 saturated carbocycles. The van der Waals surface area contributed by atoms with Crippen molar-refractivity contribution in [3.05, 3.63) is 24.2 Å². The molecule has 18 heavy (non-hydrogen) atoms. The van der Waals surface area contributed by atoms with Gasteiger partial charge in [-0.3, -0.25) is 4.79 Å². The number of carboxylic acid groups (broad SMARTS) is 1. The molecule has 1 atom stereocenters. The zero-order valence-corrected chi connectivity index (χ0v) is 10.9. The van der Waals surface area contributed by atoms with E-state index in [2.05, 4.69) is 0 Å². The van der Waals surface area contributed by atoms with E-state index < -0.39 is 12.0 Å². The average molecular weight is 253 g/mol. The lowest BCUT2D eigenvalue weighted by atomic mass is 10.0. The van der Waals surface area contributed by atoms with Gasteiger partial charge in [0.05, 0.1) is 12.7 Å².